The third-order valence-electron chi connectivity index (χ3n) is 5.68. The Labute approximate surface area is 203 Å². The van der Waals surface area contributed by atoms with Crippen molar-refractivity contribution >= 4 is 17.5 Å². The molecule has 172 valence electrons. The van der Waals surface area contributed by atoms with Gasteiger partial charge in [0.05, 0.1) is 31.3 Å². The summed E-state index contributed by atoms with van der Waals surface area (Å²) in [5, 5.41) is 4.82. The van der Waals surface area contributed by atoms with Crippen molar-refractivity contribution in [2.45, 2.75) is 0 Å². The predicted molar refractivity (Wildman–Crippen MR) is 137 cm³/mol. The SMILES string of the molecule is COc1ccc(C(=O)/C=C/c2cc(-c3ccc(OC)cc3)n3nc(-c4ccccc4)cc3n2)cc1. The first-order chi connectivity index (χ1) is 17.1. The Bertz CT molecular complexity index is 1500. The van der Waals surface area contributed by atoms with E-state index in [-0.39, 0.29) is 5.78 Å². The number of hydrogen-bond donors (Lipinski definition) is 0. The average Bonchev–Trinajstić information content (AvgIpc) is 3.36. The van der Waals surface area contributed by atoms with Gasteiger partial charge >= 0.3 is 0 Å². The highest BCUT2D eigenvalue weighted by Gasteiger charge is 2.12. The van der Waals surface area contributed by atoms with Crippen LogP contribution in [-0.2, 0) is 0 Å². The van der Waals surface area contributed by atoms with Crippen LogP contribution in [0, 0.1) is 0 Å². The molecule has 6 heteroatoms. The number of carbonyl (C=O) groups is 1. The van der Waals surface area contributed by atoms with Gasteiger partial charge in [0.25, 0.3) is 0 Å². The Morgan fingerprint density at radius 3 is 2.11 bits per heavy atom. The first-order valence-electron chi connectivity index (χ1n) is 11.1. The second kappa shape index (κ2) is 9.65. The number of methoxy groups -OCH3 is 2. The Morgan fingerprint density at radius 2 is 1.46 bits per heavy atom. The Kier molecular flexibility index (Phi) is 6.09. The number of fused-ring (bicyclic) bond motifs is 1. The van der Waals surface area contributed by atoms with E-state index < -0.39 is 0 Å². The molecule has 0 saturated heterocycles. The van der Waals surface area contributed by atoms with Gasteiger partial charge in [-0.1, -0.05) is 30.3 Å². The number of allylic oxidation sites excluding steroid dienone is 1. The van der Waals surface area contributed by atoms with Gasteiger partial charge in [-0.25, -0.2) is 9.50 Å². The second-order valence-corrected chi connectivity index (χ2v) is 7.89. The van der Waals surface area contributed by atoms with Crippen molar-refractivity contribution in [3.05, 3.63) is 108 Å². The Hall–Kier alpha value is -4.71. The zero-order valence-corrected chi connectivity index (χ0v) is 19.4. The van der Waals surface area contributed by atoms with E-state index in [2.05, 4.69) is 0 Å². The summed E-state index contributed by atoms with van der Waals surface area (Å²) in [5.41, 5.74) is 5.56. The van der Waals surface area contributed by atoms with Gasteiger partial charge in [-0.3, -0.25) is 4.79 Å². The van der Waals surface area contributed by atoms with Crippen molar-refractivity contribution in [3.8, 4) is 34.0 Å². The first-order valence-corrected chi connectivity index (χ1v) is 11.1. The summed E-state index contributed by atoms with van der Waals surface area (Å²) in [6.45, 7) is 0. The van der Waals surface area contributed by atoms with Crippen LogP contribution in [-0.4, -0.2) is 34.6 Å². The van der Waals surface area contributed by atoms with Gasteiger partial charge in [0.15, 0.2) is 11.4 Å². The summed E-state index contributed by atoms with van der Waals surface area (Å²) in [5.74, 6) is 1.37. The number of ether oxygens (including phenoxy) is 2. The molecule has 0 aliphatic heterocycles. The van der Waals surface area contributed by atoms with Crippen molar-refractivity contribution in [1.82, 2.24) is 14.6 Å². The molecule has 5 rings (SSSR count). The highest BCUT2D eigenvalue weighted by atomic mass is 16.5. The quantitative estimate of drug-likeness (QED) is 0.220. The maximum atomic E-state index is 12.7. The van der Waals surface area contributed by atoms with Crippen molar-refractivity contribution in [3.63, 3.8) is 0 Å². The van der Waals surface area contributed by atoms with Crippen LogP contribution in [0.5, 0.6) is 11.5 Å². The van der Waals surface area contributed by atoms with Gasteiger partial charge in [-0.15, -0.1) is 0 Å². The van der Waals surface area contributed by atoms with Gasteiger partial charge in [0.2, 0.25) is 0 Å². The molecule has 0 N–H and O–H groups in total. The third kappa shape index (κ3) is 4.68. The van der Waals surface area contributed by atoms with E-state index in [1.54, 1.807) is 44.6 Å². The molecule has 6 nitrogen and oxygen atoms in total. The van der Waals surface area contributed by atoms with Gasteiger partial charge in [0.1, 0.15) is 11.5 Å². The molecule has 35 heavy (non-hydrogen) atoms. The van der Waals surface area contributed by atoms with Gasteiger partial charge in [0, 0.05) is 22.8 Å². The fraction of sp³-hybridized carbons (Fsp3) is 0.0690. The topological polar surface area (TPSA) is 65.7 Å². The van der Waals surface area contributed by atoms with E-state index in [1.165, 1.54) is 6.08 Å². The Morgan fingerprint density at radius 1 is 0.800 bits per heavy atom. The van der Waals surface area contributed by atoms with Gasteiger partial charge < -0.3 is 9.47 Å². The minimum Gasteiger partial charge on any atom is -0.497 e. The van der Waals surface area contributed by atoms with E-state index in [9.17, 15) is 4.79 Å². The van der Waals surface area contributed by atoms with Crippen LogP contribution in [0.4, 0.5) is 0 Å². The van der Waals surface area contributed by atoms with E-state index in [0.29, 0.717) is 22.7 Å². The lowest BCUT2D eigenvalue weighted by Gasteiger charge is -2.08. The molecule has 0 fully saturated rings. The molecule has 0 aliphatic rings. The molecular weight excluding hydrogens is 438 g/mol. The molecule has 0 atom stereocenters. The molecule has 0 bridgehead atoms. The van der Waals surface area contributed by atoms with Crippen LogP contribution in [0.1, 0.15) is 16.1 Å². The van der Waals surface area contributed by atoms with Crippen LogP contribution < -0.4 is 9.47 Å². The fourth-order valence-electron chi connectivity index (χ4n) is 3.81. The van der Waals surface area contributed by atoms with Crippen molar-refractivity contribution in [2.24, 2.45) is 0 Å². The van der Waals surface area contributed by atoms with Crippen molar-refractivity contribution in [2.75, 3.05) is 14.2 Å². The monoisotopic (exact) mass is 461 g/mol. The van der Waals surface area contributed by atoms with E-state index in [0.717, 1.165) is 28.3 Å². The third-order valence-corrected chi connectivity index (χ3v) is 5.68. The maximum Gasteiger partial charge on any atom is 0.185 e. The van der Waals surface area contributed by atoms with Gasteiger partial charge in [-0.2, -0.15) is 5.10 Å². The highest BCUT2D eigenvalue weighted by Crippen LogP contribution is 2.27. The van der Waals surface area contributed by atoms with Crippen LogP contribution in [0.2, 0.25) is 0 Å². The normalized spacial score (nSPS) is 11.1. The molecular formula is C29H23N3O3. The fourth-order valence-corrected chi connectivity index (χ4v) is 3.81. The lowest BCUT2D eigenvalue weighted by molar-refractivity contribution is 0.104. The van der Waals surface area contributed by atoms with Crippen LogP contribution >= 0.6 is 0 Å². The minimum absolute atomic E-state index is 0.112. The van der Waals surface area contributed by atoms with E-state index in [4.69, 9.17) is 19.6 Å². The lowest BCUT2D eigenvalue weighted by Crippen LogP contribution is -1.99. The summed E-state index contributed by atoms with van der Waals surface area (Å²) in [6.07, 6.45) is 3.27. The summed E-state index contributed by atoms with van der Waals surface area (Å²) in [6, 6.07) is 28.6. The molecule has 2 heterocycles. The second-order valence-electron chi connectivity index (χ2n) is 7.89. The maximum absolute atomic E-state index is 12.7. The van der Waals surface area contributed by atoms with Crippen molar-refractivity contribution in [1.29, 1.82) is 0 Å². The summed E-state index contributed by atoms with van der Waals surface area (Å²) < 4.78 is 12.3. The average molecular weight is 462 g/mol. The number of aromatic nitrogens is 3. The molecule has 2 aromatic heterocycles. The van der Waals surface area contributed by atoms with Crippen LogP contribution in [0.25, 0.3) is 34.2 Å². The van der Waals surface area contributed by atoms with Crippen LogP contribution in [0.3, 0.4) is 0 Å². The molecule has 3 aromatic carbocycles. The van der Waals surface area contributed by atoms with Crippen LogP contribution in [0.15, 0.2) is 97.1 Å². The standard InChI is InChI=1S/C29H23N3O3/c1-34-24-13-8-21(9-14-24)27-18-23(12-17-28(33)22-10-15-25(35-2)16-11-22)30-29-19-26(31-32(27)29)20-6-4-3-5-7-20/h3-19H,1-2H3/b17-12+. The van der Waals surface area contributed by atoms with E-state index >= 15 is 0 Å². The first kappa shape index (κ1) is 22.1. The zero-order valence-electron chi connectivity index (χ0n) is 19.4. The summed E-state index contributed by atoms with van der Waals surface area (Å²) in [4.78, 5) is 17.5. The smallest absolute Gasteiger partial charge is 0.185 e. The molecule has 0 spiro atoms. The summed E-state index contributed by atoms with van der Waals surface area (Å²) >= 11 is 0. The highest BCUT2D eigenvalue weighted by molar-refractivity contribution is 6.06. The number of carbonyl (C=O) groups excluding carboxylic acids is 1. The van der Waals surface area contributed by atoms with Gasteiger partial charge in [-0.05, 0) is 66.7 Å². The Balaban J connectivity index is 1.56. The number of nitrogens with zero attached hydrogens (tertiary/aromatic N) is 3. The number of hydrogen-bond acceptors (Lipinski definition) is 5. The van der Waals surface area contributed by atoms with E-state index in [1.807, 2.05) is 71.2 Å². The zero-order chi connectivity index (χ0) is 24.2. The molecule has 0 radical (unpaired) electrons. The molecule has 0 unspecified atom stereocenters. The largest absolute Gasteiger partial charge is 0.497 e. The minimum atomic E-state index is -0.112. The predicted octanol–water partition coefficient (Wildman–Crippen LogP) is 5.98. The molecule has 0 saturated carbocycles. The number of rotatable bonds is 7. The molecule has 0 amide bonds. The number of ketones is 1. The van der Waals surface area contributed by atoms with Crippen molar-refractivity contribution < 1.29 is 14.3 Å². The number of benzene rings is 3. The molecule has 0 aliphatic carbocycles. The molecule has 5 aromatic rings. The summed E-state index contributed by atoms with van der Waals surface area (Å²) in [7, 11) is 3.24. The lowest BCUT2D eigenvalue weighted by atomic mass is 10.1.